The van der Waals surface area contributed by atoms with Gasteiger partial charge in [-0.1, -0.05) is 45.0 Å². The summed E-state index contributed by atoms with van der Waals surface area (Å²) in [5, 5.41) is 2.94. The normalized spacial score (nSPS) is 11.8. The van der Waals surface area contributed by atoms with Crippen molar-refractivity contribution < 1.29 is 37.0 Å². The summed E-state index contributed by atoms with van der Waals surface area (Å²) in [6, 6.07) is 15.6. The molecule has 0 bridgehead atoms. The predicted octanol–water partition coefficient (Wildman–Crippen LogP) is 4.80. The Morgan fingerprint density at radius 3 is 2.09 bits per heavy atom. The largest absolute Gasteiger partial charge is 0.497 e. The number of hydrogen-bond donors (Lipinski definition) is 1. The van der Waals surface area contributed by atoms with E-state index < -0.39 is 28.5 Å². The van der Waals surface area contributed by atoms with E-state index in [0.29, 0.717) is 24.5 Å². The van der Waals surface area contributed by atoms with Gasteiger partial charge in [0.1, 0.15) is 24.1 Å². The number of sulfonamides is 1. The standard InChI is InChI=1S/C34H45N3O8S/c1-9-28(34(39)35-20-23(2)3)36(21-25-13-11-10-12-24(25)4)33(38)22-37(29-18-26(42-5)14-16-30(29)43-6)46(40,41)27-15-17-31(44-7)32(19-27)45-8/h10-19,23,28H,9,20-22H2,1-8H3,(H,35,39)/t28-/m1/s1. The number of rotatable bonds is 16. The summed E-state index contributed by atoms with van der Waals surface area (Å²) in [7, 11) is 1.27. The zero-order valence-electron chi connectivity index (χ0n) is 27.8. The van der Waals surface area contributed by atoms with E-state index in [-0.39, 0.29) is 40.5 Å². The van der Waals surface area contributed by atoms with Gasteiger partial charge in [-0.15, -0.1) is 0 Å². The summed E-state index contributed by atoms with van der Waals surface area (Å²) in [6.45, 7) is 7.60. The fourth-order valence-electron chi connectivity index (χ4n) is 4.92. The van der Waals surface area contributed by atoms with Crippen LogP contribution in [0.1, 0.15) is 38.3 Å². The van der Waals surface area contributed by atoms with Crippen molar-refractivity contribution >= 4 is 27.5 Å². The lowest BCUT2D eigenvalue weighted by Gasteiger charge is -2.34. The molecule has 0 radical (unpaired) electrons. The third-order valence-electron chi connectivity index (χ3n) is 7.55. The van der Waals surface area contributed by atoms with E-state index in [1.54, 1.807) is 12.1 Å². The Morgan fingerprint density at radius 2 is 1.50 bits per heavy atom. The highest BCUT2D eigenvalue weighted by Crippen LogP contribution is 2.38. The number of ether oxygens (including phenoxy) is 4. The van der Waals surface area contributed by atoms with Gasteiger partial charge in [0, 0.05) is 25.2 Å². The molecule has 250 valence electrons. The molecular weight excluding hydrogens is 610 g/mol. The van der Waals surface area contributed by atoms with Crippen LogP contribution in [0.2, 0.25) is 0 Å². The fraction of sp³-hybridized carbons (Fsp3) is 0.412. The molecular formula is C34H45N3O8S. The average Bonchev–Trinajstić information content (AvgIpc) is 3.05. The first-order valence-electron chi connectivity index (χ1n) is 15.0. The highest BCUT2D eigenvalue weighted by atomic mass is 32.2. The molecule has 0 aromatic heterocycles. The van der Waals surface area contributed by atoms with Gasteiger partial charge < -0.3 is 29.2 Å². The van der Waals surface area contributed by atoms with Gasteiger partial charge in [-0.2, -0.15) is 0 Å². The van der Waals surface area contributed by atoms with Gasteiger partial charge in [0.25, 0.3) is 10.0 Å². The molecule has 46 heavy (non-hydrogen) atoms. The molecule has 0 aliphatic rings. The second kappa shape index (κ2) is 16.2. The Kier molecular flexibility index (Phi) is 12.7. The van der Waals surface area contributed by atoms with Crippen LogP contribution in [0.25, 0.3) is 0 Å². The van der Waals surface area contributed by atoms with Crippen LogP contribution in [0, 0.1) is 12.8 Å². The molecule has 1 N–H and O–H groups in total. The monoisotopic (exact) mass is 655 g/mol. The molecule has 0 unspecified atom stereocenters. The highest BCUT2D eigenvalue weighted by molar-refractivity contribution is 7.92. The molecule has 3 aromatic rings. The molecule has 3 rings (SSSR count). The molecule has 0 aliphatic carbocycles. The second-order valence-corrected chi connectivity index (χ2v) is 12.9. The lowest BCUT2D eigenvalue weighted by atomic mass is 10.1. The number of nitrogens with zero attached hydrogens (tertiary/aromatic N) is 2. The molecule has 0 fully saturated rings. The lowest BCUT2D eigenvalue weighted by Crippen LogP contribution is -2.52. The third kappa shape index (κ3) is 8.42. The summed E-state index contributed by atoms with van der Waals surface area (Å²) < 4.78 is 51.6. The number of hydrogen-bond acceptors (Lipinski definition) is 8. The fourth-order valence-corrected chi connectivity index (χ4v) is 6.35. The first-order valence-corrected chi connectivity index (χ1v) is 16.4. The lowest BCUT2D eigenvalue weighted by molar-refractivity contribution is -0.140. The van der Waals surface area contributed by atoms with E-state index in [0.717, 1.165) is 15.4 Å². The Bertz CT molecular complexity index is 1610. The van der Waals surface area contributed by atoms with Crippen molar-refractivity contribution in [3.63, 3.8) is 0 Å². The predicted molar refractivity (Wildman–Crippen MR) is 177 cm³/mol. The maximum atomic E-state index is 14.5. The zero-order valence-corrected chi connectivity index (χ0v) is 28.6. The van der Waals surface area contributed by atoms with Crippen LogP contribution in [0.3, 0.4) is 0 Å². The minimum Gasteiger partial charge on any atom is -0.497 e. The summed E-state index contributed by atoms with van der Waals surface area (Å²) >= 11 is 0. The number of amides is 2. The molecule has 0 saturated heterocycles. The number of nitrogens with one attached hydrogen (secondary N) is 1. The zero-order chi connectivity index (χ0) is 34.0. The summed E-state index contributed by atoms with van der Waals surface area (Å²) in [6.07, 6.45) is 0.312. The molecule has 11 nitrogen and oxygen atoms in total. The number of methoxy groups -OCH3 is 4. The molecule has 1 atom stereocenters. The minimum atomic E-state index is -4.44. The first-order chi connectivity index (χ1) is 21.9. The summed E-state index contributed by atoms with van der Waals surface area (Å²) in [5.74, 6) is 0.392. The molecule has 12 heteroatoms. The summed E-state index contributed by atoms with van der Waals surface area (Å²) in [4.78, 5) is 29.3. The number of anilines is 1. The van der Waals surface area contributed by atoms with Crippen molar-refractivity contribution in [2.45, 2.75) is 51.6 Å². The first kappa shape index (κ1) is 36.0. The van der Waals surface area contributed by atoms with Crippen LogP contribution in [-0.4, -0.2) is 72.7 Å². The van der Waals surface area contributed by atoms with Crippen molar-refractivity contribution in [2.24, 2.45) is 5.92 Å². The Hall–Kier alpha value is -4.45. The van der Waals surface area contributed by atoms with E-state index in [1.165, 1.54) is 57.6 Å². The number of aryl methyl sites for hydroxylation is 1. The smallest absolute Gasteiger partial charge is 0.265 e. The van der Waals surface area contributed by atoms with E-state index in [9.17, 15) is 18.0 Å². The van der Waals surface area contributed by atoms with Crippen LogP contribution in [0.4, 0.5) is 5.69 Å². The van der Waals surface area contributed by atoms with Gasteiger partial charge in [-0.3, -0.25) is 13.9 Å². The van der Waals surface area contributed by atoms with Crippen molar-refractivity contribution in [2.75, 3.05) is 45.8 Å². The Balaban J connectivity index is 2.20. The second-order valence-electron chi connectivity index (χ2n) is 11.1. The number of carbonyl (C=O) groups excluding carboxylic acids is 2. The highest BCUT2D eigenvalue weighted by Gasteiger charge is 2.35. The molecule has 0 aliphatic heterocycles. The van der Waals surface area contributed by atoms with E-state index >= 15 is 0 Å². The van der Waals surface area contributed by atoms with E-state index in [4.69, 9.17) is 18.9 Å². The van der Waals surface area contributed by atoms with Gasteiger partial charge in [-0.25, -0.2) is 8.42 Å². The van der Waals surface area contributed by atoms with Crippen LogP contribution >= 0.6 is 0 Å². The van der Waals surface area contributed by atoms with Gasteiger partial charge in [0.05, 0.1) is 39.0 Å². The molecule has 3 aromatic carbocycles. The quantitative estimate of drug-likeness (QED) is 0.233. The van der Waals surface area contributed by atoms with Crippen LogP contribution in [0.5, 0.6) is 23.0 Å². The van der Waals surface area contributed by atoms with E-state index in [2.05, 4.69) is 5.32 Å². The van der Waals surface area contributed by atoms with Gasteiger partial charge in [0.15, 0.2) is 11.5 Å². The number of carbonyl (C=O) groups is 2. The van der Waals surface area contributed by atoms with Gasteiger partial charge in [-0.05, 0) is 54.7 Å². The third-order valence-corrected chi connectivity index (χ3v) is 9.30. The Morgan fingerprint density at radius 1 is 0.848 bits per heavy atom. The topological polar surface area (TPSA) is 124 Å². The van der Waals surface area contributed by atoms with Crippen molar-refractivity contribution in [1.82, 2.24) is 10.2 Å². The van der Waals surface area contributed by atoms with E-state index in [1.807, 2.05) is 52.0 Å². The molecule has 0 saturated carbocycles. The Labute approximate surface area is 272 Å². The van der Waals surface area contributed by atoms with Crippen LogP contribution in [-0.2, 0) is 26.2 Å². The van der Waals surface area contributed by atoms with Crippen LogP contribution in [0.15, 0.2) is 65.6 Å². The van der Waals surface area contributed by atoms with Crippen molar-refractivity contribution in [1.29, 1.82) is 0 Å². The average molecular weight is 656 g/mol. The maximum absolute atomic E-state index is 14.5. The SMILES string of the molecule is CC[C@H](C(=O)NCC(C)C)N(Cc1ccccc1C)C(=O)CN(c1cc(OC)ccc1OC)S(=O)(=O)c1ccc(OC)c(OC)c1. The summed E-state index contributed by atoms with van der Waals surface area (Å²) in [5.41, 5.74) is 1.85. The molecule has 0 spiro atoms. The van der Waals surface area contributed by atoms with Crippen LogP contribution < -0.4 is 28.6 Å². The molecule has 2 amide bonds. The molecule has 0 heterocycles. The minimum absolute atomic E-state index is 0.0816. The van der Waals surface area contributed by atoms with Crippen molar-refractivity contribution in [3.8, 4) is 23.0 Å². The van der Waals surface area contributed by atoms with Crippen molar-refractivity contribution in [3.05, 3.63) is 71.8 Å². The maximum Gasteiger partial charge on any atom is 0.265 e. The van der Waals surface area contributed by atoms with Gasteiger partial charge in [0.2, 0.25) is 11.8 Å². The number of benzene rings is 3. The van der Waals surface area contributed by atoms with Gasteiger partial charge >= 0.3 is 0 Å².